The number of tetrazole rings is 1. The molecule has 6 nitrogen and oxygen atoms in total. The van der Waals surface area contributed by atoms with Gasteiger partial charge in [0.1, 0.15) is 5.76 Å². The van der Waals surface area contributed by atoms with Crippen LogP contribution in [-0.2, 0) is 6.54 Å². The second kappa shape index (κ2) is 6.85. The summed E-state index contributed by atoms with van der Waals surface area (Å²) in [5.74, 6) is 0.602. The Morgan fingerprint density at radius 1 is 1.09 bits per heavy atom. The van der Waals surface area contributed by atoms with Crippen LogP contribution in [0.2, 0.25) is 0 Å². The summed E-state index contributed by atoms with van der Waals surface area (Å²) in [7, 11) is 0. The van der Waals surface area contributed by atoms with E-state index in [9.17, 15) is 5.11 Å². The molecule has 0 saturated carbocycles. The molecule has 3 rings (SSSR count). The van der Waals surface area contributed by atoms with Gasteiger partial charge in [0.25, 0.3) is 0 Å². The molecule has 118 valence electrons. The number of hydrogen-bond donors (Lipinski definition) is 1. The first kappa shape index (κ1) is 16.4. The van der Waals surface area contributed by atoms with Gasteiger partial charge < -0.3 is 10.6 Å². The Morgan fingerprint density at radius 3 is 2.35 bits per heavy atom. The minimum absolute atomic E-state index is 0. The Morgan fingerprint density at radius 2 is 1.74 bits per heavy atom. The molecule has 6 heteroatoms. The van der Waals surface area contributed by atoms with E-state index in [1.54, 1.807) is 16.9 Å². The molecule has 0 aliphatic heterocycles. The number of hydrogen-bond acceptors (Lipinski definition) is 4. The van der Waals surface area contributed by atoms with E-state index in [0.717, 1.165) is 11.1 Å². The van der Waals surface area contributed by atoms with Gasteiger partial charge in [-0.2, -0.15) is 4.80 Å². The van der Waals surface area contributed by atoms with Crippen LogP contribution in [0, 0.1) is 6.92 Å². The van der Waals surface area contributed by atoms with Crippen molar-refractivity contribution in [3.05, 3.63) is 71.8 Å². The molecule has 0 aliphatic carbocycles. The summed E-state index contributed by atoms with van der Waals surface area (Å²) in [4.78, 5) is 1.57. The summed E-state index contributed by atoms with van der Waals surface area (Å²) in [5.41, 5.74) is 3.87. The van der Waals surface area contributed by atoms with Gasteiger partial charge in [0.15, 0.2) is 0 Å². The van der Waals surface area contributed by atoms with Crippen molar-refractivity contribution >= 4 is 5.76 Å². The molecule has 1 aromatic heterocycles. The van der Waals surface area contributed by atoms with Crippen LogP contribution in [0.5, 0.6) is 0 Å². The Kier molecular flexibility index (Phi) is 4.88. The van der Waals surface area contributed by atoms with Crippen molar-refractivity contribution in [2.24, 2.45) is 0 Å². The Balaban J connectivity index is 0.00000192. The number of aliphatic hydroxyl groups excluding tert-OH is 1. The predicted octanol–water partition coefficient (Wildman–Crippen LogP) is 2.40. The highest BCUT2D eigenvalue weighted by atomic mass is 16.3. The fraction of sp³-hybridized carbons (Fsp3) is 0.118. The minimum Gasteiger partial charge on any atom is -0.508 e. The molecular formula is C17H18N4O2. The number of benzene rings is 2. The van der Waals surface area contributed by atoms with Crippen LogP contribution < -0.4 is 0 Å². The number of nitrogens with zero attached hydrogens (tertiary/aromatic N) is 4. The van der Waals surface area contributed by atoms with Gasteiger partial charge in [-0.15, -0.1) is 10.2 Å². The molecular weight excluding hydrogens is 292 g/mol. The summed E-state index contributed by atoms with van der Waals surface area (Å²) < 4.78 is 0. The molecule has 3 N–H and O–H groups in total. The second-order valence-electron chi connectivity index (χ2n) is 5.15. The third kappa shape index (κ3) is 3.81. The smallest absolute Gasteiger partial charge is 0.204 e. The van der Waals surface area contributed by atoms with E-state index in [2.05, 4.69) is 53.2 Å². The third-order valence-corrected chi connectivity index (χ3v) is 3.37. The normalized spacial score (nSPS) is 10.1. The zero-order valence-corrected chi connectivity index (χ0v) is 12.8. The lowest BCUT2D eigenvalue weighted by atomic mass is 10.1. The van der Waals surface area contributed by atoms with Gasteiger partial charge in [-0.3, -0.25) is 0 Å². The number of aryl methyl sites for hydroxylation is 1. The maximum atomic E-state index is 9.33. The highest BCUT2D eigenvalue weighted by Crippen LogP contribution is 2.17. The standard InChI is InChI=1S/C17H16N4O.H2O/c1-12-3-5-14(6-4-12)11-21-19-17(18-20-21)16-9-7-15(8-10-16)13(2)22;/h3-10,22H,2,11H2,1H3;1H2. The van der Waals surface area contributed by atoms with Crippen molar-refractivity contribution in [3.8, 4) is 11.4 Å². The molecule has 0 fully saturated rings. The zero-order valence-electron chi connectivity index (χ0n) is 12.8. The van der Waals surface area contributed by atoms with Crippen molar-refractivity contribution in [1.29, 1.82) is 0 Å². The van der Waals surface area contributed by atoms with Crippen LogP contribution in [0.4, 0.5) is 0 Å². The average molecular weight is 310 g/mol. The summed E-state index contributed by atoms with van der Waals surface area (Å²) in [6.07, 6.45) is 0. The van der Waals surface area contributed by atoms with Gasteiger partial charge in [-0.1, -0.05) is 60.7 Å². The van der Waals surface area contributed by atoms with Crippen LogP contribution >= 0.6 is 0 Å². The van der Waals surface area contributed by atoms with E-state index in [4.69, 9.17) is 0 Å². The van der Waals surface area contributed by atoms with Gasteiger partial charge in [0.2, 0.25) is 5.82 Å². The zero-order chi connectivity index (χ0) is 15.5. The number of aliphatic hydroxyl groups is 1. The summed E-state index contributed by atoms with van der Waals surface area (Å²) in [5, 5.41) is 21.9. The lowest BCUT2D eigenvalue weighted by Crippen LogP contribution is -2.03. The average Bonchev–Trinajstić information content (AvgIpc) is 2.98. The van der Waals surface area contributed by atoms with Crippen molar-refractivity contribution in [2.45, 2.75) is 13.5 Å². The second-order valence-corrected chi connectivity index (χ2v) is 5.15. The molecule has 0 radical (unpaired) electrons. The van der Waals surface area contributed by atoms with Gasteiger partial charge in [0.05, 0.1) is 6.54 Å². The Labute approximate surface area is 134 Å². The largest absolute Gasteiger partial charge is 0.508 e. The Bertz CT molecular complexity index is 792. The van der Waals surface area contributed by atoms with E-state index in [0.29, 0.717) is 17.9 Å². The molecule has 0 amide bonds. The van der Waals surface area contributed by atoms with Crippen LogP contribution in [0.1, 0.15) is 16.7 Å². The fourth-order valence-electron chi connectivity index (χ4n) is 2.09. The maximum absolute atomic E-state index is 9.33. The number of rotatable bonds is 4. The monoisotopic (exact) mass is 310 g/mol. The van der Waals surface area contributed by atoms with Crippen LogP contribution in [0.3, 0.4) is 0 Å². The van der Waals surface area contributed by atoms with Crippen LogP contribution in [0.15, 0.2) is 55.1 Å². The molecule has 1 heterocycles. The van der Waals surface area contributed by atoms with Gasteiger partial charge >= 0.3 is 0 Å². The van der Waals surface area contributed by atoms with Crippen molar-refractivity contribution in [2.75, 3.05) is 0 Å². The van der Waals surface area contributed by atoms with E-state index >= 15 is 0 Å². The van der Waals surface area contributed by atoms with E-state index in [1.807, 2.05) is 12.1 Å². The van der Waals surface area contributed by atoms with Crippen molar-refractivity contribution in [3.63, 3.8) is 0 Å². The van der Waals surface area contributed by atoms with Gasteiger partial charge in [0, 0.05) is 11.1 Å². The lowest BCUT2D eigenvalue weighted by molar-refractivity contribution is 0.514. The summed E-state index contributed by atoms with van der Waals surface area (Å²) >= 11 is 0. The third-order valence-electron chi connectivity index (χ3n) is 3.37. The fourth-order valence-corrected chi connectivity index (χ4v) is 2.09. The molecule has 2 aromatic carbocycles. The topological polar surface area (TPSA) is 95.3 Å². The quantitative estimate of drug-likeness (QED) is 0.748. The highest BCUT2D eigenvalue weighted by Gasteiger charge is 2.07. The number of aromatic nitrogens is 4. The van der Waals surface area contributed by atoms with E-state index < -0.39 is 0 Å². The molecule has 0 spiro atoms. The highest BCUT2D eigenvalue weighted by molar-refractivity contribution is 5.62. The van der Waals surface area contributed by atoms with Crippen molar-refractivity contribution in [1.82, 2.24) is 20.2 Å². The van der Waals surface area contributed by atoms with Gasteiger partial charge in [-0.25, -0.2) is 0 Å². The first-order chi connectivity index (χ1) is 10.6. The molecule has 0 aliphatic rings. The first-order valence-electron chi connectivity index (χ1n) is 6.94. The van der Waals surface area contributed by atoms with Crippen LogP contribution in [0.25, 0.3) is 17.1 Å². The molecule has 3 aromatic rings. The van der Waals surface area contributed by atoms with Gasteiger partial charge in [-0.05, 0) is 17.7 Å². The molecule has 0 saturated heterocycles. The van der Waals surface area contributed by atoms with E-state index in [-0.39, 0.29) is 11.2 Å². The van der Waals surface area contributed by atoms with Crippen molar-refractivity contribution < 1.29 is 10.6 Å². The maximum Gasteiger partial charge on any atom is 0.204 e. The molecule has 0 atom stereocenters. The summed E-state index contributed by atoms with van der Waals surface area (Å²) in [6.45, 7) is 6.13. The van der Waals surface area contributed by atoms with Crippen LogP contribution in [-0.4, -0.2) is 30.8 Å². The SMILES string of the molecule is C=C(O)c1ccc(-c2nnn(Cc3ccc(C)cc3)n2)cc1.O. The predicted molar refractivity (Wildman–Crippen MR) is 88.8 cm³/mol. The first-order valence-corrected chi connectivity index (χ1v) is 6.94. The summed E-state index contributed by atoms with van der Waals surface area (Å²) in [6, 6.07) is 15.5. The molecule has 23 heavy (non-hydrogen) atoms. The lowest BCUT2D eigenvalue weighted by Gasteiger charge is -2.00. The minimum atomic E-state index is 0. The Hall–Kier alpha value is -2.99. The van der Waals surface area contributed by atoms with E-state index in [1.165, 1.54) is 5.56 Å². The molecule has 0 bridgehead atoms. The molecule has 0 unspecified atom stereocenters.